The summed E-state index contributed by atoms with van der Waals surface area (Å²) >= 11 is 0. The second kappa shape index (κ2) is 6.56. The largest absolute Gasteiger partial charge is 0.337 e. The summed E-state index contributed by atoms with van der Waals surface area (Å²) in [5.41, 5.74) is 0. The molecule has 21 heavy (non-hydrogen) atoms. The summed E-state index contributed by atoms with van der Waals surface area (Å²) in [6, 6.07) is 4.51. The van der Waals surface area contributed by atoms with Crippen LogP contribution in [0.2, 0.25) is 0 Å². The smallest absolute Gasteiger partial charge is 0.241 e. The van der Waals surface area contributed by atoms with E-state index in [0.717, 1.165) is 6.07 Å². The van der Waals surface area contributed by atoms with Gasteiger partial charge in [-0.1, -0.05) is 6.07 Å². The molecule has 1 amide bonds. The minimum Gasteiger partial charge on any atom is -0.337 e. The Bertz CT molecular complexity index is 603. The number of sulfone groups is 1. The van der Waals surface area contributed by atoms with Gasteiger partial charge >= 0.3 is 0 Å². The van der Waals surface area contributed by atoms with Gasteiger partial charge in [-0.2, -0.15) is 0 Å². The first kappa shape index (κ1) is 17.6. The molecular weight excluding hydrogens is 293 g/mol. The Labute approximate surface area is 125 Å². The lowest BCUT2D eigenvalue weighted by Gasteiger charge is -2.32. The van der Waals surface area contributed by atoms with E-state index in [0.29, 0.717) is 0 Å². The lowest BCUT2D eigenvalue weighted by Crippen LogP contribution is -2.48. The van der Waals surface area contributed by atoms with Gasteiger partial charge < -0.3 is 4.90 Å². The van der Waals surface area contributed by atoms with Crippen molar-refractivity contribution in [3.63, 3.8) is 0 Å². The zero-order chi connectivity index (χ0) is 16.4. The van der Waals surface area contributed by atoms with Gasteiger partial charge in [0.15, 0.2) is 9.84 Å². The molecule has 0 spiro atoms. The average Bonchev–Trinajstić information content (AvgIpc) is 2.36. The molecule has 4 nitrogen and oxygen atoms in total. The van der Waals surface area contributed by atoms with Gasteiger partial charge in [0.1, 0.15) is 11.1 Å². The van der Waals surface area contributed by atoms with E-state index >= 15 is 0 Å². The van der Waals surface area contributed by atoms with Gasteiger partial charge in [-0.3, -0.25) is 4.79 Å². The summed E-state index contributed by atoms with van der Waals surface area (Å²) in [5.74, 6) is -1.11. The molecule has 0 saturated heterocycles. The van der Waals surface area contributed by atoms with Gasteiger partial charge in [-0.25, -0.2) is 12.8 Å². The molecule has 0 aromatic heterocycles. The van der Waals surface area contributed by atoms with E-state index in [4.69, 9.17) is 0 Å². The van der Waals surface area contributed by atoms with Crippen molar-refractivity contribution in [1.82, 2.24) is 4.90 Å². The normalized spacial score (nSPS) is 13.5. The number of carbonyl (C=O) groups is 1. The molecule has 1 aromatic rings. The summed E-state index contributed by atoms with van der Waals surface area (Å²) in [4.78, 5) is 13.8. The molecule has 0 aliphatic heterocycles. The number of hydrogen-bond acceptors (Lipinski definition) is 3. The molecule has 1 unspecified atom stereocenters. The highest BCUT2D eigenvalue weighted by atomic mass is 32.2. The summed E-state index contributed by atoms with van der Waals surface area (Å²) in [6.45, 7) is 8.68. The maximum atomic E-state index is 13.2. The maximum Gasteiger partial charge on any atom is 0.241 e. The first-order valence-electron chi connectivity index (χ1n) is 6.90. The number of rotatable bonds is 5. The van der Waals surface area contributed by atoms with Crippen LogP contribution in [0.1, 0.15) is 34.6 Å². The third-order valence-electron chi connectivity index (χ3n) is 3.30. The zero-order valence-electron chi connectivity index (χ0n) is 13.0. The van der Waals surface area contributed by atoms with Crippen molar-refractivity contribution in [1.29, 1.82) is 0 Å². The fourth-order valence-electron chi connectivity index (χ4n) is 2.30. The van der Waals surface area contributed by atoms with Crippen molar-refractivity contribution < 1.29 is 17.6 Å². The van der Waals surface area contributed by atoms with Crippen LogP contribution in [0.15, 0.2) is 29.2 Å². The van der Waals surface area contributed by atoms with Crippen LogP contribution in [0.5, 0.6) is 0 Å². The Balaban J connectivity index is 3.17. The monoisotopic (exact) mass is 315 g/mol. The van der Waals surface area contributed by atoms with Crippen molar-refractivity contribution in [2.45, 2.75) is 56.8 Å². The molecule has 118 valence electrons. The highest BCUT2D eigenvalue weighted by Crippen LogP contribution is 2.20. The first-order valence-corrected chi connectivity index (χ1v) is 8.45. The molecule has 0 bridgehead atoms. The Hall–Kier alpha value is -1.43. The number of amides is 1. The van der Waals surface area contributed by atoms with E-state index in [2.05, 4.69) is 0 Å². The molecule has 1 atom stereocenters. The SMILES string of the molecule is CC(C)N(C(=O)C(C)S(=O)(=O)c1cccc(F)c1)C(C)C. The number of nitrogens with zero attached hydrogens (tertiary/aromatic N) is 1. The number of halogens is 1. The van der Waals surface area contributed by atoms with E-state index < -0.39 is 26.8 Å². The van der Waals surface area contributed by atoms with Crippen molar-refractivity contribution in [2.75, 3.05) is 0 Å². The second-order valence-corrected chi connectivity index (χ2v) is 7.85. The van der Waals surface area contributed by atoms with Gasteiger partial charge in [-0.05, 0) is 52.8 Å². The van der Waals surface area contributed by atoms with Crippen LogP contribution in [0.25, 0.3) is 0 Å². The van der Waals surface area contributed by atoms with Crippen molar-refractivity contribution in [3.8, 4) is 0 Å². The second-order valence-electron chi connectivity index (χ2n) is 5.58. The van der Waals surface area contributed by atoms with Gasteiger partial charge in [0.05, 0.1) is 4.90 Å². The van der Waals surface area contributed by atoms with Gasteiger partial charge in [0.2, 0.25) is 5.91 Å². The number of carbonyl (C=O) groups excluding carboxylic acids is 1. The summed E-state index contributed by atoms with van der Waals surface area (Å²) < 4.78 is 38.1. The summed E-state index contributed by atoms with van der Waals surface area (Å²) in [5, 5.41) is -1.25. The van der Waals surface area contributed by atoms with Gasteiger partial charge in [0, 0.05) is 12.1 Å². The highest BCUT2D eigenvalue weighted by Gasteiger charge is 2.35. The topological polar surface area (TPSA) is 54.5 Å². The zero-order valence-corrected chi connectivity index (χ0v) is 13.8. The molecule has 0 fully saturated rings. The molecule has 6 heteroatoms. The lowest BCUT2D eigenvalue weighted by molar-refractivity contribution is -0.133. The van der Waals surface area contributed by atoms with Crippen LogP contribution in [-0.2, 0) is 14.6 Å². The van der Waals surface area contributed by atoms with Crippen LogP contribution in [0.4, 0.5) is 4.39 Å². The van der Waals surface area contributed by atoms with E-state index in [1.165, 1.54) is 30.0 Å². The van der Waals surface area contributed by atoms with E-state index in [1.54, 1.807) is 0 Å². The fourth-order valence-corrected chi connectivity index (χ4v) is 3.64. The third-order valence-corrected chi connectivity index (χ3v) is 5.35. The molecular formula is C15H22FNO3S. The first-order chi connectivity index (χ1) is 9.59. The van der Waals surface area contributed by atoms with E-state index in [1.807, 2.05) is 27.7 Å². The molecule has 0 aliphatic carbocycles. The van der Waals surface area contributed by atoms with Crippen molar-refractivity contribution >= 4 is 15.7 Å². The fraction of sp³-hybridized carbons (Fsp3) is 0.533. The summed E-state index contributed by atoms with van der Waals surface area (Å²) in [6.07, 6.45) is 0. The average molecular weight is 315 g/mol. The van der Waals surface area contributed by atoms with Crippen LogP contribution in [-0.4, -0.2) is 36.6 Å². The minimum absolute atomic E-state index is 0.109. The summed E-state index contributed by atoms with van der Waals surface area (Å²) in [7, 11) is -3.90. The Morgan fingerprint density at radius 3 is 2.05 bits per heavy atom. The lowest BCUT2D eigenvalue weighted by atomic mass is 10.2. The predicted molar refractivity (Wildman–Crippen MR) is 80.2 cm³/mol. The minimum atomic E-state index is -3.90. The maximum absolute atomic E-state index is 13.2. The van der Waals surface area contributed by atoms with Crippen molar-refractivity contribution in [2.24, 2.45) is 0 Å². The molecule has 1 rings (SSSR count). The van der Waals surface area contributed by atoms with Crippen molar-refractivity contribution in [3.05, 3.63) is 30.1 Å². The quantitative estimate of drug-likeness (QED) is 0.839. The van der Waals surface area contributed by atoms with Crippen LogP contribution >= 0.6 is 0 Å². The Kier molecular flexibility index (Phi) is 5.50. The third kappa shape index (κ3) is 3.81. The van der Waals surface area contributed by atoms with Crippen LogP contribution < -0.4 is 0 Å². The van der Waals surface area contributed by atoms with Gasteiger partial charge in [0.25, 0.3) is 0 Å². The van der Waals surface area contributed by atoms with Gasteiger partial charge in [-0.15, -0.1) is 0 Å². The highest BCUT2D eigenvalue weighted by molar-refractivity contribution is 7.92. The molecule has 1 aromatic carbocycles. The molecule has 0 N–H and O–H groups in total. The predicted octanol–water partition coefficient (Wildman–Crippen LogP) is 2.63. The standard InChI is InChI=1S/C15H22FNO3S/c1-10(2)17(11(3)4)15(18)12(5)21(19,20)14-8-6-7-13(16)9-14/h6-12H,1-5H3. The molecule has 0 aliphatic rings. The number of hydrogen-bond donors (Lipinski definition) is 0. The van der Waals surface area contributed by atoms with Crippen LogP contribution in [0, 0.1) is 5.82 Å². The van der Waals surface area contributed by atoms with Crippen LogP contribution in [0.3, 0.4) is 0 Å². The molecule has 0 heterocycles. The molecule has 0 saturated carbocycles. The number of benzene rings is 1. The molecule has 0 radical (unpaired) electrons. The van der Waals surface area contributed by atoms with E-state index in [9.17, 15) is 17.6 Å². The Morgan fingerprint density at radius 2 is 1.62 bits per heavy atom. The van der Waals surface area contributed by atoms with E-state index in [-0.39, 0.29) is 17.0 Å². The Morgan fingerprint density at radius 1 is 1.10 bits per heavy atom.